The minimum Gasteiger partial charge on any atom is -0.463 e. The molecule has 1 aromatic heterocycles. The molecule has 1 unspecified atom stereocenters. The van der Waals surface area contributed by atoms with Gasteiger partial charge in [0, 0.05) is 22.0 Å². The molecular weight excluding hydrogens is 436 g/mol. The summed E-state index contributed by atoms with van der Waals surface area (Å²) >= 11 is 6.68. The molecule has 1 aliphatic carbocycles. The summed E-state index contributed by atoms with van der Waals surface area (Å²) in [6, 6.07) is 17.1. The van der Waals surface area contributed by atoms with E-state index >= 15 is 0 Å². The summed E-state index contributed by atoms with van der Waals surface area (Å²) in [7, 11) is 0. The number of ether oxygens (including phenoxy) is 2. The Hall–Kier alpha value is -3.31. The van der Waals surface area contributed by atoms with Crippen molar-refractivity contribution in [2.45, 2.75) is 38.5 Å². The van der Waals surface area contributed by atoms with Crippen LogP contribution in [0.5, 0.6) is 5.88 Å². The van der Waals surface area contributed by atoms with Crippen molar-refractivity contribution < 1.29 is 14.3 Å². The fourth-order valence-corrected chi connectivity index (χ4v) is 5.04. The number of hydrogen-bond donors (Lipinski definition) is 1. The zero-order chi connectivity index (χ0) is 22.9. The minimum absolute atomic E-state index is 0.240. The Labute approximate surface area is 198 Å². The highest BCUT2D eigenvalue weighted by atomic mass is 35.5. The highest BCUT2D eigenvalue weighted by Gasteiger charge is 2.41. The van der Waals surface area contributed by atoms with Crippen LogP contribution in [0.4, 0.5) is 5.69 Å². The van der Waals surface area contributed by atoms with Gasteiger partial charge in [-0.05, 0) is 49.8 Å². The first-order valence-corrected chi connectivity index (χ1v) is 11.7. The first kappa shape index (κ1) is 21.5. The van der Waals surface area contributed by atoms with E-state index in [0.717, 1.165) is 48.1 Å². The van der Waals surface area contributed by atoms with Crippen LogP contribution in [0.2, 0.25) is 5.02 Å². The van der Waals surface area contributed by atoms with Gasteiger partial charge in [-0.25, -0.2) is 9.78 Å². The molecule has 0 amide bonds. The van der Waals surface area contributed by atoms with Gasteiger partial charge in [-0.15, -0.1) is 0 Å². The van der Waals surface area contributed by atoms with Crippen molar-refractivity contribution >= 4 is 29.0 Å². The summed E-state index contributed by atoms with van der Waals surface area (Å²) < 4.78 is 11.9. The lowest BCUT2D eigenvalue weighted by atomic mass is 9.79. The van der Waals surface area contributed by atoms with Crippen LogP contribution in [0.25, 0.3) is 5.76 Å². The summed E-state index contributed by atoms with van der Waals surface area (Å²) in [6.45, 7) is 2.03. The second kappa shape index (κ2) is 8.91. The Bertz CT molecular complexity index is 1250. The Balaban J connectivity index is 1.84. The number of esters is 1. The number of rotatable bonds is 4. The average molecular weight is 461 g/mol. The first-order valence-electron chi connectivity index (χ1n) is 11.3. The number of anilines is 1. The summed E-state index contributed by atoms with van der Waals surface area (Å²) in [5, 5.41) is 0.543. The van der Waals surface area contributed by atoms with E-state index in [1.54, 1.807) is 6.92 Å². The zero-order valence-corrected chi connectivity index (χ0v) is 19.2. The maximum atomic E-state index is 13.4. The van der Waals surface area contributed by atoms with Crippen molar-refractivity contribution in [3.05, 3.63) is 93.1 Å². The van der Waals surface area contributed by atoms with Gasteiger partial charge >= 0.3 is 5.97 Å². The van der Waals surface area contributed by atoms with Gasteiger partial charge in [0.05, 0.1) is 23.7 Å². The molecule has 6 heteroatoms. The van der Waals surface area contributed by atoms with Gasteiger partial charge in [0.15, 0.2) is 0 Å². The van der Waals surface area contributed by atoms with E-state index in [-0.39, 0.29) is 6.61 Å². The van der Waals surface area contributed by atoms with Gasteiger partial charge in [-0.1, -0.05) is 60.1 Å². The molecule has 5 rings (SSSR count). The van der Waals surface area contributed by atoms with Gasteiger partial charge in [-0.2, -0.15) is 0 Å². The van der Waals surface area contributed by atoms with Crippen LogP contribution in [0.15, 0.2) is 60.2 Å². The molecule has 0 spiro atoms. The number of benzene rings is 2. The molecule has 0 fully saturated rings. The Morgan fingerprint density at radius 1 is 1.12 bits per heavy atom. The highest BCUT2D eigenvalue weighted by Crippen LogP contribution is 2.50. The molecular formula is C27H25ClN2O3. The van der Waals surface area contributed by atoms with Gasteiger partial charge in [-0.3, -0.25) is 0 Å². The third kappa shape index (κ3) is 3.76. The number of fused-ring (bicyclic) bond motifs is 2. The molecule has 0 saturated heterocycles. The Kier molecular flexibility index (Phi) is 5.81. The van der Waals surface area contributed by atoms with Crippen molar-refractivity contribution in [2.75, 3.05) is 12.3 Å². The third-order valence-electron chi connectivity index (χ3n) is 6.29. The molecule has 0 saturated carbocycles. The fraction of sp³-hybridized carbons (Fsp3) is 0.259. The first-order chi connectivity index (χ1) is 16.1. The number of nitrogens with zero attached hydrogens (tertiary/aromatic N) is 1. The molecule has 3 aromatic rings. The summed E-state index contributed by atoms with van der Waals surface area (Å²) in [5.41, 5.74) is 12.0. The predicted octanol–water partition coefficient (Wildman–Crippen LogP) is 5.69. The smallest absolute Gasteiger partial charge is 0.338 e. The van der Waals surface area contributed by atoms with E-state index in [4.69, 9.17) is 31.8 Å². The molecule has 33 heavy (non-hydrogen) atoms. The molecule has 1 aliphatic heterocycles. The second-order valence-electron chi connectivity index (χ2n) is 8.26. The number of halogens is 1. The fourth-order valence-electron chi connectivity index (χ4n) is 4.79. The predicted molar refractivity (Wildman–Crippen MR) is 129 cm³/mol. The third-order valence-corrected chi connectivity index (χ3v) is 6.63. The Morgan fingerprint density at radius 2 is 1.85 bits per heavy atom. The molecule has 168 valence electrons. The van der Waals surface area contributed by atoms with Crippen LogP contribution in [0.3, 0.4) is 0 Å². The molecule has 2 aliphatic rings. The van der Waals surface area contributed by atoms with E-state index < -0.39 is 11.9 Å². The number of carbonyl (C=O) groups excluding carboxylic acids is 1. The number of carbonyl (C=O) groups is 1. The molecule has 2 aromatic carbocycles. The quantitative estimate of drug-likeness (QED) is 0.506. The topological polar surface area (TPSA) is 74.4 Å². The van der Waals surface area contributed by atoms with Crippen molar-refractivity contribution in [1.82, 2.24) is 4.98 Å². The number of hydrogen-bond acceptors (Lipinski definition) is 5. The minimum atomic E-state index is -0.559. The van der Waals surface area contributed by atoms with Gasteiger partial charge in [0.2, 0.25) is 5.88 Å². The maximum absolute atomic E-state index is 13.4. The molecule has 0 radical (unpaired) electrons. The van der Waals surface area contributed by atoms with Crippen molar-refractivity contribution in [3.63, 3.8) is 0 Å². The van der Waals surface area contributed by atoms with E-state index in [1.807, 2.05) is 54.6 Å². The van der Waals surface area contributed by atoms with Gasteiger partial charge in [0.25, 0.3) is 0 Å². The summed E-state index contributed by atoms with van der Waals surface area (Å²) in [4.78, 5) is 18.3. The standard InChI is InChI=1S/C27H25ClN2O3/c1-2-32-27(31)23-21(17-12-6-8-14-19(17)28)22-24(29)18-13-7-9-15-20(18)30-26(22)33-25(23)16-10-4-3-5-11-16/h3-6,8,10-12,14,21H,2,7,9,13,15H2,1H3,(H2,29,30). The van der Waals surface area contributed by atoms with Gasteiger partial charge < -0.3 is 15.2 Å². The highest BCUT2D eigenvalue weighted by molar-refractivity contribution is 6.31. The largest absolute Gasteiger partial charge is 0.463 e. The van der Waals surface area contributed by atoms with E-state index in [0.29, 0.717) is 33.5 Å². The van der Waals surface area contributed by atoms with Gasteiger partial charge in [0.1, 0.15) is 5.76 Å². The number of aryl methyl sites for hydroxylation is 1. The number of nitrogen functional groups attached to an aromatic ring is 1. The van der Waals surface area contributed by atoms with E-state index in [9.17, 15) is 4.79 Å². The molecule has 2 heterocycles. The second-order valence-corrected chi connectivity index (χ2v) is 8.67. The monoisotopic (exact) mass is 460 g/mol. The number of aromatic nitrogens is 1. The van der Waals surface area contributed by atoms with Crippen molar-refractivity contribution in [3.8, 4) is 5.88 Å². The Morgan fingerprint density at radius 3 is 2.61 bits per heavy atom. The lowest BCUT2D eigenvalue weighted by Crippen LogP contribution is -2.26. The molecule has 1 atom stereocenters. The molecule has 2 N–H and O–H groups in total. The lowest BCUT2D eigenvalue weighted by molar-refractivity contribution is -0.138. The molecule has 5 nitrogen and oxygen atoms in total. The van der Waals surface area contributed by atoms with Crippen LogP contribution >= 0.6 is 11.6 Å². The van der Waals surface area contributed by atoms with Crippen molar-refractivity contribution in [2.24, 2.45) is 0 Å². The SMILES string of the molecule is CCOC(=O)C1=C(c2ccccc2)Oc2nc3c(c(N)c2C1c1ccccc1Cl)CCCC3. The van der Waals surface area contributed by atoms with Crippen molar-refractivity contribution in [1.29, 1.82) is 0 Å². The zero-order valence-electron chi connectivity index (χ0n) is 18.4. The summed E-state index contributed by atoms with van der Waals surface area (Å²) in [6.07, 6.45) is 3.86. The summed E-state index contributed by atoms with van der Waals surface area (Å²) in [5.74, 6) is -0.153. The molecule has 0 bridgehead atoms. The van der Waals surface area contributed by atoms with Crippen LogP contribution < -0.4 is 10.5 Å². The number of pyridine rings is 1. The number of nitrogens with two attached hydrogens (primary N) is 1. The normalized spacial score (nSPS) is 17.1. The lowest BCUT2D eigenvalue weighted by Gasteiger charge is -2.33. The van der Waals surface area contributed by atoms with Crippen LogP contribution in [0.1, 0.15) is 53.6 Å². The van der Waals surface area contributed by atoms with Crippen LogP contribution in [-0.4, -0.2) is 17.6 Å². The average Bonchev–Trinajstić information content (AvgIpc) is 2.84. The van der Waals surface area contributed by atoms with E-state index in [1.165, 1.54) is 0 Å². The maximum Gasteiger partial charge on any atom is 0.338 e. The van der Waals surface area contributed by atoms with E-state index in [2.05, 4.69) is 0 Å². The van der Waals surface area contributed by atoms with Crippen LogP contribution in [0, 0.1) is 0 Å². The van der Waals surface area contributed by atoms with Crippen LogP contribution in [-0.2, 0) is 22.4 Å².